The minimum Gasteiger partial charge on any atom is -0.378 e. The van der Waals surface area contributed by atoms with Gasteiger partial charge in [0.15, 0.2) is 0 Å². The molecule has 4 rings (SSSR count). The quantitative estimate of drug-likeness (QED) is 0.356. The minimum atomic E-state index is -0.542. The van der Waals surface area contributed by atoms with Crippen LogP contribution in [0.5, 0.6) is 0 Å². The first kappa shape index (κ1) is 22.3. The monoisotopic (exact) mass is 477 g/mol. The molecule has 0 atom stereocenters. The van der Waals surface area contributed by atoms with Crippen LogP contribution in [0, 0.1) is 15.9 Å². The van der Waals surface area contributed by atoms with E-state index in [0.717, 1.165) is 22.7 Å². The number of nitrogens with zero attached hydrogens (tertiary/aromatic N) is 3. The van der Waals surface area contributed by atoms with Crippen LogP contribution < -0.4 is 4.90 Å². The van der Waals surface area contributed by atoms with Crippen molar-refractivity contribution in [2.24, 2.45) is 0 Å². The fourth-order valence-electron chi connectivity index (χ4n) is 3.46. The summed E-state index contributed by atoms with van der Waals surface area (Å²) in [6, 6.07) is 8.16. The molecular formula is C21H17ClFN3O5S. The molecule has 2 aromatic rings. The Morgan fingerprint density at radius 2 is 1.94 bits per heavy atom. The van der Waals surface area contributed by atoms with Gasteiger partial charge in [-0.25, -0.2) is 4.39 Å². The Labute approximate surface area is 191 Å². The number of rotatable bonds is 5. The van der Waals surface area contributed by atoms with Crippen molar-refractivity contribution in [3.05, 3.63) is 73.4 Å². The van der Waals surface area contributed by atoms with Crippen molar-refractivity contribution in [2.45, 2.75) is 6.54 Å². The SMILES string of the molecule is O=C1S/C(=C\c2cc([N+](=O)[O-])ccc2N2CCOCC2)C(=O)N1Cc1ccc(F)cc1Cl. The second-order valence-electron chi connectivity index (χ2n) is 7.10. The molecule has 0 unspecified atom stereocenters. The van der Waals surface area contributed by atoms with Gasteiger partial charge in [0.25, 0.3) is 16.8 Å². The normalized spacial score (nSPS) is 18.0. The highest BCUT2D eigenvalue weighted by molar-refractivity contribution is 8.18. The summed E-state index contributed by atoms with van der Waals surface area (Å²) in [4.78, 5) is 39.4. The van der Waals surface area contributed by atoms with Gasteiger partial charge in [-0.3, -0.25) is 24.6 Å². The molecule has 2 amide bonds. The number of hydrogen-bond donors (Lipinski definition) is 0. The summed E-state index contributed by atoms with van der Waals surface area (Å²) < 4.78 is 18.7. The molecule has 8 nitrogen and oxygen atoms in total. The maximum Gasteiger partial charge on any atom is 0.293 e. The van der Waals surface area contributed by atoms with Gasteiger partial charge in [0.2, 0.25) is 0 Å². The molecule has 11 heteroatoms. The van der Waals surface area contributed by atoms with E-state index in [1.165, 1.54) is 30.3 Å². The molecule has 0 N–H and O–H groups in total. The van der Waals surface area contributed by atoms with Crippen LogP contribution in [0.25, 0.3) is 6.08 Å². The van der Waals surface area contributed by atoms with Crippen LogP contribution in [0.3, 0.4) is 0 Å². The number of carbonyl (C=O) groups excluding carboxylic acids is 2. The Morgan fingerprint density at radius 1 is 1.19 bits per heavy atom. The van der Waals surface area contributed by atoms with Gasteiger partial charge in [-0.15, -0.1) is 0 Å². The predicted octanol–water partition coefficient (Wildman–Crippen LogP) is 4.46. The molecule has 2 aliphatic rings. The number of anilines is 1. The van der Waals surface area contributed by atoms with Crippen molar-refractivity contribution in [3.63, 3.8) is 0 Å². The van der Waals surface area contributed by atoms with Crippen molar-refractivity contribution in [1.82, 2.24) is 4.90 Å². The molecular weight excluding hydrogens is 461 g/mol. The zero-order chi connectivity index (χ0) is 22.8. The summed E-state index contributed by atoms with van der Waals surface area (Å²) in [5.74, 6) is -1.06. The number of ether oxygens (including phenoxy) is 1. The molecule has 0 aromatic heterocycles. The number of imide groups is 1. The fourth-order valence-corrected chi connectivity index (χ4v) is 4.52. The minimum absolute atomic E-state index is 0.105. The topological polar surface area (TPSA) is 93.0 Å². The molecule has 0 aliphatic carbocycles. The smallest absolute Gasteiger partial charge is 0.293 e. The first-order valence-electron chi connectivity index (χ1n) is 9.64. The number of carbonyl (C=O) groups is 2. The van der Waals surface area contributed by atoms with Gasteiger partial charge in [0, 0.05) is 41.5 Å². The van der Waals surface area contributed by atoms with Crippen LogP contribution in [0.2, 0.25) is 5.02 Å². The van der Waals surface area contributed by atoms with Gasteiger partial charge >= 0.3 is 0 Å². The molecule has 32 heavy (non-hydrogen) atoms. The molecule has 2 fully saturated rings. The van der Waals surface area contributed by atoms with Crippen LogP contribution in [-0.2, 0) is 16.1 Å². The van der Waals surface area contributed by atoms with Gasteiger partial charge in [0.1, 0.15) is 5.82 Å². The van der Waals surface area contributed by atoms with Gasteiger partial charge in [-0.1, -0.05) is 17.7 Å². The molecule has 2 saturated heterocycles. The number of hydrogen-bond acceptors (Lipinski definition) is 7. The first-order valence-corrected chi connectivity index (χ1v) is 10.8. The summed E-state index contributed by atoms with van der Waals surface area (Å²) >= 11 is 6.78. The highest BCUT2D eigenvalue weighted by atomic mass is 35.5. The van der Waals surface area contributed by atoms with Crippen LogP contribution in [0.4, 0.5) is 20.6 Å². The lowest BCUT2D eigenvalue weighted by Crippen LogP contribution is -2.36. The van der Waals surface area contributed by atoms with E-state index in [9.17, 15) is 24.1 Å². The third-order valence-electron chi connectivity index (χ3n) is 5.08. The molecule has 0 saturated carbocycles. The van der Waals surface area contributed by atoms with Gasteiger partial charge in [-0.2, -0.15) is 0 Å². The van der Waals surface area contributed by atoms with Crippen molar-refractivity contribution in [1.29, 1.82) is 0 Å². The maximum atomic E-state index is 13.3. The van der Waals surface area contributed by atoms with Gasteiger partial charge in [-0.05, 0) is 41.6 Å². The molecule has 2 heterocycles. The van der Waals surface area contributed by atoms with Crippen molar-refractivity contribution in [3.8, 4) is 0 Å². The van der Waals surface area contributed by atoms with Crippen molar-refractivity contribution in [2.75, 3.05) is 31.2 Å². The van der Waals surface area contributed by atoms with E-state index in [1.807, 2.05) is 4.90 Å². The van der Waals surface area contributed by atoms with E-state index >= 15 is 0 Å². The van der Waals surface area contributed by atoms with E-state index in [1.54, 1.807) is 6.07 Å². The largest absolute Gasteiger partial charge is 0.378 e. The average Bonchev–Trinajstić information content (AvgIpc) is 3.03. The lowest BCUT2D eigenvalue weighted by molar-refractivity contribution is -0.384. The Morgan fingerprint density at radius 3 is 2.62 bits per heavy atom. The Bertz CT molecular complexity index is 1140. The van der Waals surface area contributed by atoms with Gasteiger partial charge in [0.05, 0.1) is 29.6 Å². The molecule has 2 aromatic carbocycles. The van der Waals surface area contributed by atoms with E-state index in [2.05, 4.69) is 0 Å². The summed E-state index contributed by atoms with van der Waals surface area (Å²) in [7, 11) is 0. The van der Waals surface area contributed by atoms with Crippen LogP contribution in [0.15, 0.2) is 41.3 Å². The summed E-state index contributed by atoms with van der Waals surface area (Å²) in [5, 5.41) is 10.9. The zero-order valence-electron chi connectivity index (χ0n) is 16.6. The second kappa shape index (κ2) is 9.27. The molecule has 0 bridgehead atoms. The summed E-state index contributed by atoms with van der Waals surface area (Å²) in [6.07, 6.45) is 1.50. The van der Waals surface area contributed by atoms with Crippen LogP contribution in [0.1, 0.15) is 11.1 Å². The number of nitro benzene ring substituents is 1. The molecule has 166 valence electrons. The highest BCUT2D eigenvalue weighted by Crippen LogP contribution is 2.37. The number of morpholine rings is 1. The fraction of sp³-hybridized carbons (Fsp3) is 0.238. The van der Waals surface area contributed by atoms with E-state index < -0.39 is 21.9 Å². The number of benzene rings is 2. The number of non-ortho nitro benzene ring substituents is 1. The average molecular weight is 478 g/mol. The number of amides is 2. The first-order chi connectivity index (χ1) is 15.3. The number of thioether (sulfide) groups is 1. The third kappa shape index (κ3) is 4.62. The van der Waals surface area contributed by atoms with E-state index in [0.29, 0.717) is 43.1 Å². The Balaban J connectivity index is 1.65. The maximum absolute atomic E-state index is 13.3. The standard InChI is InChI=1S/C21H17ClFN3O5S/c22-17-11-15(23)2-1-13(17)12-25-20(27)19(32-21(25)28)10-14-9-16(26(29)30)3-4-18(14)24-5-7-31-8-6-24/h1-4,9-11H,5-8,12H2/b19-10-. The highest BCUT2D eigenvalue weighted by Gasteiger charge is 2.35. The van der Waals surface area contributed by atoms with Crippen LogP contribution >= 0.6 is 23.4 Å². The number of halogens is 2. The molecule has 0 radical (unpaired) electrons. The summed E-state index contributed by atoms with van der Waals surface area (Å²) in [6.45, 7) is 2.13. The second-order valence-corrected chi connectivity index (χ2v) is 8.50. The Hall–Kier alpha value is -2.95. The van der Waals surface area contributed by atoms with Crippen LogP contribution in [-0.4, -0.2) is 47.3 Å². The van der Waals surface area contributed by atoms with E-state index in [-0.39, 0.29) is 22.2 Å². The van der Waals surface area contributed by atoms with Crippen molar-refractivity contribution < 1.29 is 23.6 Å². The van der Waals surface area contributed by atoms with Crippen molar-refractivity contribution >= 4 is 52.0 Å². The van der Waals surface area contributed by atoms with Gasteiger partial charge < -0.3 is 9.64 Å². The molecule has 2 aliphatic heterocycles. The lowest BCUT2D eigenvalue weighted by atomic mass is 10.1. The third-order valence-corrected chi connectivity index (χ3v) is 6.34. The summed E-state index contributed by atoms with van der Waals surface area (Å²) in [5.41, 5.74) is 1.49. The van der Waals surface area contributed by atoms with E-state index in [4.69, 9.17) is 16.3 Å². The number of nitro groups is 1. The molecule has 0 spiro atoms. The lowest BCUT2D eigenvalue weighted by Gasteiger charge is -2.30. The predicted molar refractivity (Wildman–Crippen MR) is 119 cm³/mol. The Kier molecular flexibility index (Phi) is 6.45. The zero-order valence-corrected chi connectivity index (χ0v) is 18.2.